The molecule has 18 heavy (non-hydrogen) atoms. The minimum atomic E-state index is 0.343. The molecule has 0 N–H and O–H groups in total. The van der Waals surface area contributed by atoms with E-state index in [-0.39, 0.29) is 0 Å². The number of nitrogens with zero attached hydrogens (tertiary/aromatic N) is 2. The van der Waals surface area contributed by atoms with Crippen LogP contribution in [0.1, 0.15) is 36.6 Å². The molecule has 0 aliphatic carbocycles. The Kier molecular flexibility index (Phi) is 3.67. The van der Waals surface area contributed by atoms with E-state index in [1.807, 2.05) is 6.07 Å². The van der Waals surface area contributed by atoms with Crippen molar-refractivity contribution < 1.29 is 0 Å². The Labute approximate surface area is 113 Å². The summed E-state index contributed by atoms with van der Waals surface area (Å²) >= 11 is 6.08. The van der Waals surface area contributed by atoms with Crippen molar-refractivity contribution in [2.24, 2.45) is 0 Å². The van der Waals surface area contributed by atoms with Gasteiger partial charge in [-0.25, -0.2) is 9.97 Å². The Bertz CT molecular complexity index is 577. The Morgan fingerprint density at radius 1 is 1.06 bits per heavy atom. The highest BCUT2D eigenvalue weighted by atomic mass is 35.5. The van der Waals surface area contributed by atoms with Gasteiger partial charge in [-0.15, -0.1) is 0 Å². The molecule has 94 valence electrons. The van der Waals surface area contributed by atoms with Crippen LogP contribution in [0.2, 0.25) is 5.15 Å². The average molecular weight is 261 g/mol. The van der Waals surface area contributed by atoms with Crippen LogP contribution in [0.15, 0.2) is 24.3 Å². The van der Waals surface area contributed by atoms with Gasteiger partial charge in [0.05, 0.1) is 0 Å². The second kappa shape index (κ2) is 5.07. The second-order valence-electron chi connectivity index (χ2n) is 4.91. The van der Waals surface area contributed by atoms with E-state index in [9.17, 15) is 0 Å². The fraction of sp³-hybridized carbons (Fsp3) is 0.333. The summed E-state index contributed by atoms with van der Waals surface area (Å²) < 4.78 is 0. The molecular formula is C15H17ClN2. The number of aryl methyl sites for hydroxylation is 2. The smallest absolute Gasteiger partial charge is 0.161 e. The molecule has 0 saturated heterocycles. The van der Waals surface area contributed by atoms with Gasteiger partial charge < -0.3 is 0 Å². The highest BCUT2D eigenvalue weighted by Gasteiger charge is 2.10. The van der Waals surface area contributed by atoms with E-state index in [0.29, 0.717) is 16.9 Å². The van der Waals surface area contributed by atoms with E-state index in [2.05, 4.69) is 55.9 Å². The van der Waals surface area contributed by atoms with Crippen molar-refractivity contribution >= 4 is 11.6 Å². The Morgan fingerprint density at radius 2 is 1.78 bits per heavy atom. The van der Waals surface area contributed by atoms with Gasteiger partial charge in [0.1, 0.15) is 5.15 Å². The lowest BCUT2D eigenvalue weighted by Gasteiger charge is -2.10. The maximum Gasteiger partial charge on any atom is 0.161 e. The van der Waals surface area contributed by atoms with Crippen LogP contribution in [0.4, 0.5) is 0 Å². The molecule has 0 fully saturated rings. The molecular weight excluding hydrogens is 244 g/mol. The first-order chi connectivity index (χ1) is 8.47. The summed E-state index contributed by atoms with van der Waals surface area (Å²) in [6.45, 7) is 8.35. The van der Waals surface area contributed by atoms with Crippen molar-refractivity contribution in [1.29, 1.82) is 0 Å². The van der Waals surface area contributed by atoms with E-state index in [1.54, 1.807) is 0 Å². The van der Waals surface area contributed by atoms with E-state index in [1.165, 1.54) is 11.1 Å². The van der Waals surface area contributed by atoms with Crippen molar-refractivity contribution in [2.75, 3.05) is 0 Å². The molecule has 0 aliphatic heterocycles. The highest BCUT2D eigenvalue weighted by Crippen LogP contribution is 2.24. The Morgan fingerprint density at radius 3 is 2.39 bits per heavy atom. The van der Waals surface area contributed by atoms with Gasteiger partial charge in [-0.05, 0) is 31.4 Å². The summed E-state index contributed by atoms with van der Waals surface area (Å²) in [4.78, 5) is 8.93. The monoisotopic (exact) mass is 260 g/mol. The van der Waals surface area contributed by atoms with Crippen LogP contribution in [0.5, 0.6) is 0 Å². The van der Waals surface area contributed by atoms with Crippen LogP contribution in [-0.4, -0.2) is 9.97 Å². The third-order valence-electron chi connectivity index (χ3n) is 2.93. The number of halogens is 1. The van der Waals surface area contributed by atoms with Gasteiger partial charge in [0, 0.05) is 11.3 Å². The zero-order chi connectivity index (χ0) is 13.3. The lowest BCUT2D eigenvalue weighted by atomic mass is 10.0. The Balaban J connectivity index is 2.56. The molecule has 0 amide bonds. The molecule has 2 rings (SSSR count). The van der Waals surface area contributed by atoms with E-state index < -0.39 is 0 Å². The van der Waals surface area contributed by atoms with Crippen LogP contribution < -0.4 is 0 Å². The summed E-state index contributed by atoms with van der Waals surface area (Å²) in [5.74, 6) is 1.05. The number of hydrogen-bond donors (Lipinski definition) is 0. The zero-order valence-corrected chi connectivity index (χ0v) is 11.9. The first-order valence-corrected chi connectivity index (χ1v) is 6.47. The van der Waals surface area contributed by atoms with Gasteiger partial charge >= 0.3 is 0 Å². The molecule has 1 aromatic carbocycles. The quantitative estimate of drug-likeness (QED) is 0.741. The molecule has 0 bridgehead atoms. The lowest BCUT2D eigenvalue weighted by Crippen LogP contribution is -1.99. The van der Waals surface area contributed by atoms with Crippen molar-refractivity contribution in [3.05, 3.63) is 46.2 Å². The molecule has 1 heterocycles. The summed E-state index contributed by atoms with van der Waals surface area (Å²) in [5.41, 5.74) is 4.43. The van der Waals surface area contributed by atoms with Gasteiger partial charge in [-0.2, -0.15) is 0 Å². The second-order valence-corrected chi connectivity index (χ2v) is 5.30. The molecule has 1 aromatic heterocycles. The predicted molar refractivity (Wildman–Crippen MR) is 76.0 cm³/mol. The highest BCUT2D eigenvalue weighted by molar-refractivity contribution is 6.29. The first kappa shape index (κ1) is 13.0. The molecule has 0 unspecified atom stereocenters. The molecule has 2 aromatic rings. The fourth-order valence-corrected chi connectivity index (χ4v) is 2.11. The molecule has 0 aliphatic rings. The van der Waals surface area contributed by atoms with E-state index in [4.69, 9.17) is 11.6 Å². The molecule has 0 atom stereocenters. The maximum atomic E-state index is 6.08. The topological polar surface area (TPSA) is 25.8 Å². The van der Waals surface area contributed by atoms with Crippen molar-refractivity contribution in [2.45, 2.75) is 33.6 Å². The summed E-state index contributed by atoms with van der Waals surface area (Å²) in [6, 6.07) is 8.09. The number of hydrogen-bond acceptors (Lipinski definition) is 2. The molecule has 3 heteroatoms. The van der Waals surface area contributed by atoms with E-state index >= 15 is 0 Å². The number of benzene rings is 1. The zero-order valence-electron chi connectivity index (χ0n) is 11.2. The Hall–Kier alpha value is -1.41. The molecule has 0 spiro atoms. The molecule has 0 radical (unpaired) electrons. The van der Waals surface area contributed by atoms with Crippen molar-refractivity contribution in [3.63, 3.8) is 0 Å². The van der Waals surface area contributed by atoms with Crippen LogP contribution >= 0.6 is 11.6 Å². The van der Waals surface area contributed by atoms with Crippen molar-refractivity contribution in [1.82, 2.24) is 9.97 Å². The van der Waals surface area contributed by atoms with Gasteiger partial charge in [-0.3, -0.25) is 0 Å². The molecule has 2 nitrogen and oxygen atoms in total. The average Bonchev–Trinajstić information content (AvgIpc) is 2.27. The largest absolute Gasteiger partial charge is 0.233 e. The standard InChI is InChI=1S/C15H17ClN2/c1-9(2)13-8-14(16)18-15(17-13)12-6-5-10(3)7-11(12)4/h5-9H,1-4H3. The first-order valence-electron chi connectivity index (χ1n) is 6.09. The van der Waals surface area contributed by atoms with E-state index in [0.717, 1.165) is 11.3 Å². The van der Waals surface area contributed by atoms with Gasteiger partial charge in [0.15, 0.2) is 5.82 Å². The van der Waals surface area contributed by atoms with Crippen LogP contribution in [0.25, 0.3) is 11.4 Å². The SMILES string of the molecule is Cc1ccc(-c2nc(Cl)cc(C(C)C)n2)c(C)c1. The van der Waals surface area contributed by atoms with Crippen LogP contribution in [-0.2, 0) is 0 Å². The van der Waals surface area contributed by atoms with Gasteiger partial charge in [-0.1, -0.05) is 49.2 Å². The van der Waals surface area contributed by atoms with Crippen LogP contribution in [0, 0.1) is 13.8 Å². The predicted octanol–water partition coefficient (Wildman–Crippen LogP) is 4.54. The summed E-state index contributed by atoms with van der Waals surface area (Å²) in [6.07, 6.45) is 0. The minimum absolute atomic E-state index is 0.343. The van der Waals surface area contributed by atoms with Crippen LogP contribution in [0.3, 0.4) is 0 Å². The maximum absolute atomic E-state index is 6.08. The third kappa shape index (κ3) is 2.70. The number of rotatable bonds is 2. The van der Waals surface area contributed by atoms with Gasteiger partial charge in [0.25, 0.3) is 0 Å². The lowest BCUT2D eigenvalue weighted by molar-refractivity contribution is 0.816. The minimum Gasteiger partial charge on any atom is -0.233 e. The van der Waals surface area contributed by atoms with Crippen molar-refractivity contribution in [3.8, 4) is 11.4 Å². The number of aromatic nitrogens is 2. The summed E-state index contributed by atoms with van der Waals surface area (Å²) in [5, 5.41) is 0.503. The summed E-state index contributed by atoms with van der Waals surface area (Å²) in [7, 11) is 0. The fourth-order valence-electron chi connectivity index (χ4n) is 1.92. The molecule has 0 saturated carbocycles. The normalized spacial score (nSPS) is 11.0. The third-order valence-corrected chi connectivity index (χ3v) is 3.12. The van der Waals surface area contributed by atoms with Gasteiger partial charge in [0.2, 0.25) is 0 Å².